The van der Waals surface area contributed by atoms with Crippen molar-refractivity contribution in [3.8, 4) is 0 Å². The summed E-state index contributed by atoms with van der Waals surface area (Å²) in [5.74, 6) is 5.02. The number of hydrogen-bond acceptors (Lipinski definition) is 9. The second-order valence-electron chi connectivity index (χ2n) is 6.26. The molecule has 0 aromatic rings. The summed E-state index contributed by atoms with van der Waals surface area (Å²) in [6.45, 7) is 6.93. The van der Waals surface area contributed by atoms with Crippen LogP contribution in [0.2, 0.25) is 0 Å². The molecule has 176 valence electrons. The molecule has 0 aromatic carbocycles. The van der Waals surface area contributed by atoms with Crippen LogP contribution in [0.15, 0.2) is 11.9 Å². The number of rotatable bonds is 15. The SMILES string of the molecule is CC.CC.NC(=O)CCC/C(N)=C/N(N)CC(CO)(CO)COCC(CO)CO. The molecular formula is C19H44N4O6. The summed E-state index contributed by atoms with van der Waals surface area (Å²) in [4.78, 5) is 10.7. The van der Waals surface area contributed by atoms with Gasteiger partial charge in [0.05, 0.1) is 45.1 Å². The van der Waals surface area contributed by atoms with Crippen LogP contribution in [0.1, 0.15) is 47.0 Å². The number of primary amides is 1. The monoisotopic (exact) mass is 424 g/mol. The van der Waals surface area contributed by atoms with Crippen molar-refractivity contribution in [1.29, 1.82) is 0 Å². The number of hydrazine groups is 1. The Balaban J connectivity index is -0.00000158. The molecule has 0 rings (SSSR count). The van der Waals surface area contributed by atoms with Crippen LogP contribution in [0, 0.1) is 11.3 Å². The lowest BCUT2D eigenvalue weighted by Gasteiger charge is -2.33. The molecule has 0 aliphatic rings. The van der Waals surface area contributed by atoms with Crippen LogP contribution in [0.4, 0.5) is 0 Å². The highest BCUT2D eigenvalue weighted by Gasteiger charge is 2.31. The van der Waals surface area contributed by atoms with E-state index in [1.807, 2.05) is 27.7 Å². The zero-order chi connectivity index (χ0) is 23.3. The summed E-state index contributed by atoms with van der Waals surface area (Å²) >= 11 is 0. The lowest BCUT2D eigenvalue weighted by atomic mass is 9.91. The first kappa shape index (κ1) is 32.2. The largest absolute Gasteiger partial charge is 0.401 e. The highest BCUT2D eigenvalue weighted by molar-refractivity contribution is 5.73. The van der Waals surface area contributed by atoms with Gasteiger partial charge < -0.3 is 41.6 Å². The van der Waals surface area contributed by atoms with E-state index >= 15 is 0 Å². The van der Waals surface area contributed by atoms with Gasteiger partial charge in [0.1, 0.15) is 0 Å². The molecule has 10 N–H and O–H groups in total. The molecule has 0 bridgehead atoms. The van der Waals surface area contributed by atoms with Crippen molar-refractivity contribution in [2.24, 2.45) is 28.6 Å². The van der Waals surface area contributed by atoms with E-state index in [-0.39, 0.29) is 52.6 Å². The first-order valence-electron chi connectivity index (χ1n) is 10.1. The first-order valence-corrected chi connectivity index (χ1v) is 10.1. The lowest BCUT2D eigenvalue weighted by Crippen LogP contribution is -2.47. The van der Waals surface area contributed by atoms with Gasteiger partial charge in [0.2, 0.25) is 5.91 Å². The zero-order valence-electron chi connectivity index (χ0n) is 18.5. The van der Waals surface area contributed by atoms with E-state index in [9.17, 15) is 15.0 Å². The number of allylic oxidation sites excluding steroid dienone is 1. The number of ether oxygens (including phenoxy) is 1. The topological polar surface area (TPSA) is 189 Å². The molecule has 0 saturated carbocycles. The molecule has 0 aromatic heterocycles. The van der Waals surface area contributed by atoms with Crippen LogP contribution in [-0.2, 0) is 9.53 Å². The fraction of sp³-hybridized carbons (Fsp3) is 0.842. The van der Waals surface area contributed by atoms with E-state index in [2.05, 4.69) is 0 Å². The predicted molar refractivity (Wildman–Crippen MR) is 114 cm³/mol. The Hall–Kier alpha value is -1.43. The van der Waals surface area contributed by atoms with Gasteiger partial charge in [0.25, 0.3) is 0 Å². The quantitative estimate of drug-likeness (QED) is 0.131. The Bertz CT molecular complexity index is 402. The van der Waals surface area contributed by atoms with Gasteiger partial charge in [0, 0.05) is 30.8 Å². The van der Waals surface area contributed by atoms with Crippen LogP contribution < -0.4 is 17.3 Å². The maximum Gasteiger partial charge on any atom is 0.217 e. The normalized spacial score (nSPS) is 11.3. The molecule has 0 fully saturated rings. The van der Waals surface area contributed by atoms with E-state index < -0.39 is 17.2 Å². The standard InChI is InChI=1S/C15H32N4O6.2C2H6/c16-13(2-1-3-14(17)24)4-19(18)8-15(9-22,10-23)11-25-7-12(5-20)6-21;2*1-2/h4,12,20-23H,1-3,5-11,16,18H2,(H2,17,24);2*1-2H3/b13-4-;;. The summed E-state index contributed by atoms with van der Waals surface area (Å²) < 4.78 is 5.40. The Morgan fingerprint density at radius 1 is 1.03 bits per heavy atom. The minimum atomic E-state index is -1.03. The second kappa shape index (κ2) is 21.3. The number of aliphatic hydroxyl groups excluding tert-OH is 4. The van der Waals surface area contributed by atoms with Gasteiger partial charge >= 0.3 is 0 Å². The van der Waals surface area contributed by atoms with Gasteiger partial charge in [-0.05, 0) is 12.8 Å². The van der Waals surface area contributed by atoms with Crippen LogP contribution >= 0.6 is 0 Å². The molecule has 0 aliphatic carbocycles. The zero-order valence-corrected chi connectivity index (χ0v) is 18.5. The minimum Gasteiger partial charge on any atom is -0.401 e. The van der Waals surface area contributed by atoms with Crippen molar-refractivity contribution in [1.82, 2.24) is 5.01 Å². The number of carbonyl (C=O) groups is 1. The minimum absolute atomic E-state index is 0.0143. The van der Waals surface area contributed by atoms with Crippen molar-refractivity contribution in [3.05, 3.63) is 11.9 Å². The van der Waals surface area contributed by atoms with E-state index in [4.69, 9.17) is 32.3 Å². The molecule has 0 spiro atoms. The van der Waals surface area contributed by atoms with Gasteiger partial charge in [0.15, 0.2) is 0 Å². The maximum atomic E-state index is 10.7. The van der Waals surface area contributed by atoms with E-state index in [0.29, 0.717) is 18.5 Å². The maximum absolute atomic E-state index is 10.7. The molecule has 0 saturated heterocycles. The van der Waals surface area contributed by atoms with Crippen molar-refractivity contribution >= 4 is 5.91 Å². The molecule has 0 unspecified atom stereocenters. The number of hydrogen-bond donors (Lipinski definition) is 7. The van der Waals surface area contributed by atoms with Crippen molar-refractivity contribution < 1.29 is 30.0 Å². The second-order valence-corrected chi connectivity index (χ2v) is 6.26. The van der Waals surface area contributed by atoms with Crippen LogP contribution in [0.3, 0.4) is 0 Å². The third kappa shape index (κ3) is 17.2. The third-order valence-corrected chi connectivity index (χ3v) is 3.69. The molecule has 0 atom stereocenters. The van der Waals surface area contributed by atoms with Gasteiger partial charge in [-0.15, -0.1) is 0 Å². The van der Waals surface area contributed by atoms with Gasteiger partial charge in [-0.2, -0.15) is 0 Å². The van der Waals surface area contributed by atoms with Crippen molar-refractivity contribution in [2.75, 3.05) is 46.2 Å². The van der Waals surface area contributed by atoms with Gasteiger partial charge in [-0.3, -0.25) is 4.79 Å². The molecular weight excluding hydrogens is 380 g/mol. The molecule has 10 heteroatoms. The number of nitrogens with two attached hydrogens (primary N) is 3. The fourth-order valence-electron chi connectivity index (χ4n) is 2.07. The molecule has 0 heterocycles. The van der Waals surface area contributed by atoms with E-state index in [1.54, 1.807) is 0 Å². The predicted octanol–water partition coefficient (Wildman–Crippen LogP) is -0.741. The van der Waals surface area contributed by atoms with E-state index in [1.165, 1.54) is 11.2 Å². The number of aliphatic hydroxyl groups is 4. The highest BCUT2D eigenvalue weighted by Crippen LogP contribution is 2.18. The molecule has 0 radical (unpaired) electrons. The van der Waals surface area contributed by atoms with Crippen molar-refractivity contribution in [3.63, 3.8) is 0 Å². The third-order valence-electron chi connectivity index (χ3n) is 3.69. The van der Waals surface area contributed by atoms with Crippen molar-refractivity contribution in [2.45, 2.75) is 47.0 Å². The fourth-order valence-corrected chi connectivity index (χ4v) is 2.07. The Morgan fingerprint density at radius 3 is 1.97 bits per heavy atom. The smallest absolute Gasteiger partial charge is 0.217 e. The summed E-state index contributed by atoms with van der Waals surface area (Å²) in [7, 11) is 0. The Labute approximate surface area is 175 Å². The molecule has 29 heavy (non-hydrogen) atoms. The average Bonchev–Trinajstić information content (AvgIpc) is 2.73. The first-order chi connectivity index (χ1) is 13.8. The summed E-state index contributed by atoms with van der Waals surface area (Å²) in [6.07, 6.45) is 2.63. The summed E-state index contributed by atoms with van der Waals surface area (Å²) in [6, 6.07) is 0. The average molecular weight is 425 g/mol. The van der Waals surface area contributed by atoms with Gasteiger partial charge in [-0.1, -0.05) is 27.7 Å². The molecule has 0 aliphatic heterocycles. The van der Waals surface area contributed by atoms with Gasteiger partial charge in [-0.25, -0.2) is 5.84 Å². The number of carbonyl (C=O) groups excluding carboxylic acids is 1. The lowest BCUT2D eigenvalue weighted by molar-refractivity contribution is -0.118. The van der Waals surface area contributed by atoms with Crippen LogP contribution in [0.25, 0.3) is 0 Å². The summed E-state index contributed by atoms with van der Waals surface area (Å²) in [5.41, 5.74) is 10.3. The van der Waals surface area contributed by atoms with Crippen LogP contribution in [0.5, 0.6) is 0 Å². The Kier molecular flexibility index (Phi) is 23.7. The van der Waals surface area contributed by atoms with E-state index in [0.717, 1.165) is 0 Å². The van der Waals surface area contributed by atoms with Crippen LogP contribution in [-0.4, -0.2) is 77.5 Å². The number of amides is 1. The Morgan fingerprint density at radius 2 is 1.55 bits per heavy atom. The summed E-state index contributed by atoms with van der Waals surface area (Å²) in [5, 5.41) is 38.5. The highest BCUT2D eigenvalue weighted by atomic mass is 16.5. The molecule has 10 nitrogen and oxygen atoms in total. The molecule has 1 amide bonds. The number of nitrogens with zero attached hydrogens (tertiary/aromatic N) is 1.